The average Bonchev–Trinajstić information content (AvgIpc) is 2.31. The normalized spacial score (nSPS) is 12.5. The Kier molecular flexibility index (Phi) is 4.02. The van der Waals surface area contributed by atoms with E-state index in [2.05, 4.69) is 15.9 Å². The maximum atomic E-state index is 13.8. The Hall–Kier alpha value is -1.26. The minimum atomic E-state index is -1.19. The van der Waals surface area contributed by atoms with Gasteiger partial charge in [0.2, 0.25) is 0 Å². The fraction of sp³-hybridized carbons (Fsp3) is 0.200. The fourth-order valence-corrected chi connectivity index (χ4v) is 2.60. The van der Waals surface area contributed by atoms with Gasteiger partial charge in [-0.3, -0.25) is 0 Å². The van der Waals surface area contributed by atoms with Crippen LogP contribution in [0.1, 0.15) is 28.4 Å². The van der Waals surface area contributed by atoms with Gasteiger partial charge in [-0.2, -0.15) is 0 Å². The summed E-state index contributed by atoms with van der Waals surface area (Å²) in [5, 5.41) is 10.2. The maximum absolute atomic E-state index is 13.8. The third-order valence-electron chi connectivity index (χ3n) is 2.95. The van der Waals surface area contributed by atoms with Gasteiger partial charge in [0.15, 0.2) is 0 Å². The molecule has 0 saturated carbocycles. The number of benzene rings is 2. The van der Waals surface area contributed by atoms with Gasteiger partial charge >= 0.3 is 0 Å². The van der Waals surface area contributed by atoms with E-state index in [0.29, 0.717) is 5.56 Å². The molecular weight excluding hydrogens is 314 g/mol. The van der Waals surface area contributed by atoms with Gasteiger partial charge in [-0.25, -0.2) is 8.78 Å². The van der Waals surface area contributed by atoms with Crippen molar-refractivity contribution >= 4 is 15.9 Å². The second-order valence-electron chi connectivity index (χ2n) is 4.59. The summed E-state index contributed by atoms with van der Waals surface area (Å²) in [6.45, 7) is 3.35. The number of aliphatic hydroxyl groups is 1. The summed E-state index contributed by atoms with van der Waals surface area (Å²) in [6, 6.07) is 7.45. The Morgan fingerprint density at radius 3 is 2.32 bits per heavy atom. The van der Waals surface area contributed by atoms with Gasteiger partial charge in [0, 0.05) is 10.0 Å². The van der Waals surface area contributed by atoms with Crippen molar-refractivity contribution in [2.45, 2.75) is 20.0 Å². The Labute approximate surface area is 119 Å². The van der Waals surface area contributed by atoms with Gasteiger partial charge in [-0.1, -0.05) is 22.0 Å². The molecule has 2 aromatic carbocycles. The number of halogens is 3. The molecule has 0 aromatic heterocycles. The quantitative estimate of drug-likeness (QED) is 0.865. The lowest BCUT2D eigenvalue weighted by atomic mass is 9.98. The molecule has 1 nitrogen and oxygen atoms in total. The van der Waals surface area contributed by atoms with Crippen molar-refractivity contribution in [1.29, 1.82) is 0 Å². The van der Waals surface area contributed by atoms with E-state index in [-0.39, 0.29) is 11.1 Å². The second-order valence-corrected chi connectivity index (χ2v) is 5.50. The highest BCUT2D eigenvalue weighted by atomic mass is 79.9. The number of aryl methyl sites for hydroxylation is 2. The van der Waals surface area contributed by atoms with Crippen LogP contribution in [-0.2, 0) is 0 Å². The molecule has 0 fully saturated rings. The predicted octanol–water partition coefficient (Wildman–Crippen LogP) is 4.43. The van der Waals surface area contributed by atoms with Crippen LogP contribution >= 0.6 is 15.9 Å². The first-order chi connectivity index (χ1) is 8.88. The van der Waals surface area contributed by atoms with Crippen LogP contribution in [0.5, 0.6) is 0 Å². The number of hydrogen-bond donors (Lipinski definition) is 1. The first-order valence-electron chi connectivity index (χ1n) is 5.79. The maximum Gasteiger partial charge on any atom is 0.129 e. The van der Waals surface area contributed by atoms with Crippen molar-refractivity contribution in [3.8, 4) is 0 Å². The van der Waals surface area contributed by atoms with Crippen molar-refractivity contribution in [2.24, 2.45) is 0 Å². The van der Waals surface area contributed by atoms with E-state index in [9.17, 15) is 13.9 Å². The minimum Gasteiger partial charge on any atom is -0.384 e. The molecule has 0 heterocycles. The summed E-state index contributed by atoms with van der Waals surface area (Å²) < 4.78 is 28.1. The molecule has 2 aromatic rings. The van der Waals surface area contributed by atoms with E-state index in [4.69, 9.17) is 0 Å². The van der Waals surface area contributed by atoms with Gasteiger partial charge in [0.25, 0.3) is 0 Å². The van der Waals surface area contributed by atoms with Crippen molar-refractivity contribution in [3.05, 3.63) is 68.7 Å². The van der Waals surface area contributed by atoms with E-state index in [1.54, 1.807) is 12.1 Å². The van der Waals surface area contributed by atoms with Crippen LogP contribution in [0, 0.1) is 25.5 Å². The molecule has 0 spiro atoms. The topological polar surface area (TPSA) is 20.2 Å². The van der Waals surface area contributed by atoms with Crippen LogP contribution in [0.3, 0.4) is 0 Å². The van der Waals surface area contributed by atoms with Crippen LogP contribution in [0.15, 0.2) is 34.8 Å². The third kappa shape index (κ3) is 3.01. The number of rotatable bonds is 2. The van der Waals surface area contributed by atoms with Gasteiger partial charge in [0.05, 0.1) is 0 Å². The average molecular weight is 327 g/mol. The minimum absolute atomic E-state index is 0.0550. The SMILES string of the molecule is Cc1cc(Br)cc(C(O)c2cc(F)c(C)cc2F)c1. The van der Waals surface area contributed by atoms with E-state index < -0.39 is 17.7 Å². The Bertz CT molecular complexity index is 606. The largest absolute Gasteiger partial charge is 0.384 e. The van der Waals surface area contributed by atoms with Crippen molar-refractivity contribution < 1.29 is 13.9 Å². The molecule has 1 unspecified atom stereocenters. The number of hydrogen-bond acceptors (Lipinski definition) is 1. The van der Waals surface area contributed by atoms with Gasteiger partial charge in [-0.05, 0) is 54.8 Å². The molecule has 100 valence electrons. The molecular formula is C15H13BrF2O. The predicted molar refractivity (Wildman–Crippen MR) is 74.0 cm³/mol. The van der Waals surface area contributed by atoms with Gasteiger partial charge < -0.3 is 5.11 Å². The summed E-state index contributed by atoms with van der Waals surface area (Å²) in [7, 11) is 0. The molecule has 0 saturated heterocycles. The molecule has 0 aliphatic carbocycles. The van der Waals surface area contributed by atoms with Gasteiger partial charge in [0.1, 0.15) is 17.7 Å². The van der Waals surface area contributed by atoms with Crippen LogP contribution in [-0.4, -0.2) is 5.11 Å². The second kappa shape index (κ2) is 5.39. The van der Waals surface area contributed by atoms with E-state index in [0.717, 1.165) is 22.2 Å². The van der Waals surface area contributed by atoms with Crippen molar-refractivity contribution in [2.75, 3.05) is 0 Å². The first-order valence-corrected chi connectivity index (χ1v) is 6.58. The van der Waals surface area contributed by atoms with Crippen LogP contribution in [0.25, 0.3) is 0 Å². The Balaban J connectivity index is 2.49. The molecule has 1 N–H and O–H groups in total. The van der Waals surface area contributed by atoms with Crippen molar-refractivity contribution in [3.63, 3.8) is 0 Å². The van der Waals surface area contributed by atoms with Crippen LogP contribution in [0.2, 0.25) is 0 Å². The highest BCUT2D eigenvalue weighted by molar-refractivity contribution is 9.10. The smallest absolute Gasteiger partial charge is 0.129 e. The molecule has 19 heavy (non-hydrogen) atoms. The molecule has 0 bridgehead atoms. The van der Waals surface area contributed by atoms with Crippen LogP contribution in [0.4, 0.5) is 8.78 Å². The zero-order chi connectivity index (χ0) is 14.2. The molecule has 0 aliphatic heterocycles. The molecule has 0 amide bonds. The van der Waals surface area contributed by atoms with E-state index in [1.807, 2.05) is 13.0 Å². The lowest BCUT2D eigenvalue weighted by Crippen LogP contribution is -2.04. The Morgan fingerprint density at radius 2 is 1.68 bits per heavy atom. The molecule has 4 heteroatoms. The lowest BCUT2D eigenvalue weighted by molar-refractivity contribution is 0.214. The number of aliphatic hydroxyl groups excluding tert-OH is 1. The highest BCUT2D eigenvalue weighted by Crippen LogP contribution is 2.28. The fourth-order valence-electron chi connectivity index (χ4n) is 1.97. The summed E-state index contributed by atoms with van der Waals surface area (Å²) in [6.07, 6.45) is -1.19. The Morgan fingerprint density at radius 1 is 1.00 bits per heavy atom. The summed E-state index contributed by atoms with van der Waals surface area (Å²) in [5.41, 5.74) is 1.62. The van der Waals surface area contributed by atoms with E-state index >= 15 is 0 Å². The highest BCUT2D eigenvalue weighted by Gasteiger charge is 2.17. The lowest BCUT2D eigenvalue weighted by Gasteiger charge is -2.14. The molecule has 0 radical (unpaired) electrons. The van der Waals surface area contributed by atoms with Gasteiger partial charge in [-0.15, -0.1) is 0 Å². The van der Waals surface area contributed by atoms with E-state index in [1.165, 1.54) is 6.92 Å². The monoisotopic (exact) mass is 326 g/mol. The molecule has 1 atom stereocenters. The summed E-state index contributed by atoms with van der Waals surface area (Å²) in [4.78, 5) is 0. The third-order valence-corrected chi connectivity index (χ3v) is 3.41. The van der Waals surface area contributed by atoms with Crippen LogP contribution < -0.4 is 0 Å². The standard InChI is InChI=1S/C15H13BrF2O/c1-8-3-10(6-11(16)4-8)15(19)12-7-13(17)9(2)5-14(12)18/h3-7,15,19H,1-2H3. The zero-order valence-corrected chi connectivity index (χ0v) is 12.1. The summed E-state index contributed by atoms with van der Waals surface area (Å²) in [5.74, 6) is -1.13. The first kappa shape index (κ1) is 14.2. The zero-order valence-electron chi connectivity index (χ0n) is 10.5. The molecule has 2 rings (SSSR count). The molecule has 0 aliphatic rings. The summed E-state index contributed by atoms with van der Waals surface area (Å²) >= 11 is 3.32. The van der Waals surface area contributed by atoms with Crippen molar-refractivity contribution in [1.82, 2.24) is 0 Å².